The highest BCUT2D eigenvalue weighted by Gasteiger charge is 2.14. The lowest BCUT2D eigenvalue weighted by Gasteiger charge is -2.07. The van der Waals surface area contributed by atoms with Gasteiger partial charge in [0.15, 0.2) is 0 Å². The number of rotatable bonds is 3. The molecule has 2 N–H and O–H groups in total. The summed E-state index contributed by atoms with van der Waals surface area (Å²) >= 11 is 7.94. The summed E-state index contributed by atoms with van der Waals surface area (Å²) in [6.45, 7) is 5.34. The summed E-state index contributed by atoms with van der Waals surface area (Å²) in [4.78, 5) is 16.9. The van der Waals surface area contributed by atoms with E-state index in [0.29, 0.717) is 26.3 Å². The van der Waals surface area contributed by atoms with E-state index in [2.05, 4.69) is 47.4 Å². The predicted molar refractivity (Wildman–Crippen MR) is 94.8 cm³/mol. The number of amides is 1. The summed E-state index contributed by atoms with van der Waals surface area (Å²) in [5.41, 5.74) is 4.20. The number of aromatic nitrogens is 1. The number of aryl methyl sites for hydroxylation is 2. The maximum Gasteiger partial charge on any atom is 0.283 e. The molecule has 1 amide bonds. The van der Waals surface area contributed by atoms with Crippen LogP contribution in [-0.4, -0.2) is 21.7 Å². The van der Waals surface area contributed by atoms with Crippen molar-refractivity contribution in [1.82, 2.24) is 10.4 Å². The van der Waals surface area contributed by atoms with E-state index in [-0.39, 0.29) is 11.7 Å². The summed E-state index contributed by atoms with van der Waals surface area (Å²) in [5.74, 6) is -0.237. The van der Waals surface area contributed by atoms with Crippen molar-refractivity contribution in [3.05, 3.63) is 42.2 Å². The summed E-state index contributed by atoms with van der Waals surface area (Å²) < 4.78 is 1.34. The van der Waals surface area contributed by atoms with Gasteiger partial charge >= 0.3 is 0 Å². The molecule has 0 saturated carbocycles. The monoisotopic (exact) mass is 445 g/mol. The Morgan fingerprint density at radius 3 is 2.64 bits per heavy atom. The third kappa shape index (κ3) is 3.74. The number of carbonyl (C=O) groups is 1. The van der Waals surface area contributed by atoms with Gasteiger partial charge in [-0.15, -0.1) is 11.3 Å². The van der Waals surface area contributed by atoms with Gasteiger partial charge in [0, 0.05) is 10.0 Å². The van der Waals surface area contributed by atoms with E-state index >= 15 is 0 Å². The largest absolute Gasteiger partial charge is 0.506 e. The number of thiazole rings is 1. The number of carbonyl (C=O) groups excluding carboxylic acids is 1. The fourth-order valence-corrected chi connectivity index (χ4v) is 3.86. The number of benzene rings is 1. The summed E-state index contributed by atoms with van der Waals surface area (Å²) in [7, 11) is 0. The smallest absolute Gasteiger partial charge is 0.283 e. The minimum atomic E-state index is -0.309. The van der Waals surface area contributed by atoms with Crippen molar-refractivity contribution in [1.29, 1.82) is 0 Å². The van der Waals surface area contributed by atoms with E-state index in [0.717, 1.165) is 9.48 Å². The van der Waals surface area contributed by atoms with Crippen molar-refractivity contribution in [3.8, 4) is 5.75 Å². The second-order valence-corrected chi connectivity index (χ2v) is 7.54. The van der Waals surface area contributed by atoms with Gasteiger partial charge in [-0.05, 0) is 48.8 Å². The van der Waals surface area contributed by atoms with Crippen molar-refractivity contribution in [2.24, 2.45) is 5.10 Å². The molecule has 2 aromatic rings. The number of hydrazone groups is 1. The molecule has 116 valence electrons. The maximum atomic E-state index is 12.1. The molecule has 0 unspecified atom stereocenters. The van der Waals surface area contributed by atoms with Crippen LogP contribution < -0.4 is 5.43 Å². The molecule has 1 aromatic carbocycles. The molecule has 0 saturated heterocycles. The van der Waals surface area contributed by atoms with Gasteiger partial charge in [-0.3, -0.25) is 4.79 Å². The zero-order valence-electron chi connectivity index (χ0n) is 12.1. The zero-order chi connectivity index (χ0) is 16.4. The fourth-order valence-electron chi connectivity index (χ4n) is 1.83. The molecule has 0 aliphatic carbocycles. The molecular formula is C14H13Br2N3O2S. The highest BCUT2D eigenvalue weighted by Crippen LogP contribution is 2.32. The lowest BCUT2D eigenvalue weighted by Crippen LogP contribution is -2.19. The standard InChI is InChI=1S/C14H13Br2N3O2S/c1-6(10-4-9(15)5-11(16)12(10)20)18-19-14(21)13-7(2)17-8(3)22-13/h4-5,20H,1-3H3,(H,19,21)/b18-6+. The number of nitrogens with zero attached hydrogens (tertiary/aromatic N) is 2. The van der Waals surface area contributed by atoms with E-state index in [9.17, 15) is 9.90 Å². The Hall–Kier alpha value is -1.25. The SMILES string of the molecule is C/C(=N\NC(=O)c1sc(C)nc1C)c1cc(Br)cc(Br)c1O. The minimum Gasteiger partial charge on any atom is -0.506 e. The fraction of sp³-hybridized carbons (Fsp3) is 0.214. The molecule has 0 aliphatic rings. The highest BCUT2D eigenvalue weighted by atomic mass is 79.9. The van der Waals surface area contributed by atoms with Crippen LogP contribution in [0.25, 0.3) is 0 Å². The zero-order valence-corrected chi connectivity index (χ0v) is 16.1. The Bertz CT molecular complexity index is 772. The van der Waals surface area contributed by atoms with E-state index in [1.807, 2.05) is 6.92 Å². The van der Waals surface area contributed by atoms with Gasteiger partial charge in [0.05, 0.1) is 20.9 Å². The molecule has 8 heteroatoms. The first kappa shape index (κ1) is 17.1. The number of hydrogen-bond donors (Lipinski definition) is 2. The van der Waals surface area contributed by atoms with Crippen LogP contribution in [0, 0.1) is 13.8 Å². The van der Waals surface area contributed by atoms with Gasteiger partial charge in [0.25, 0.3) is 5.91 Å². The van der Waals surface area contributed by atoms with Gasteiger partial charge in [0.2, 0.25) is 0 Å². The molecule has 5 nitrogen and oxygen atoms in total. The Morgan fingerprint density at radius 2 is 2.05 bits per heavy atom. The Labute approximate surface area is 148 Å². The molecule has 22 heavy (non-hydrogen) atoms. The number of phenols is 1. The predicted octanol–water partition coefficient (Wildman–Crippen LogP) is 4.14. The van der Waals surface area contributed by atoms with Crippen molar-refractivity contribution >= 4 is 54.8 Å². The second kappa shape index (κ2) is 6.89. The van der Waals surface area contributed by atoms with Gasteiger partial charge in [0.1, 0.15) is 10.6 Å². The quantitative estimate of drug-likeness (QED) is 0.549. The van der Waals surface area contributed by atoms with Crippen LogP contribution >= 0.6 is 43.2 Å². The van der Waals surface area contributed by atoms with Gasteiger partial charge < -0.3 is 5.11 Å². The van der Waals surface area contributed by atoms with E-state index in [1.54, 1.807) is 26.0 Å². The number of halogens is 2. The van der Waals surface area contributed by atoms with Crippen molar-refractivity contribution < 1.29 is 9.90 Å². The molecule has 2 rings (SSSR count). The summed E-state index contributed by atoms with van der Waals surface area (Å²) in [5, 5.41) is 14.9. The molecular weight excluding hydrogens is 434 g/mol. The molecule has 1 heterocycles. The first-order valence-corrected chi connectivity index (χ1v) is 8.67. The van der Waals surface area contributed by atoms with Crippen LogP contribution in [0.15, 0.2) is 26.2 Å². The summed E-state index contributed by atoms with van der Waals surface area (Å²) in [6.07, 6.45) is 0. The van der Waals surface area contributed by atoms with Crippen LogP contribution in [0.5, 0.6) is 5.75 Å². The number of hydrogen-bond acceptors (Lipinski definition) is 5. The molecule has 0 bridgehead atoms. The van der Waals surface area contributed by atoms with Gasteiger partial charge in [-0.25, -0.2) is 10.4 Å². The first-order chi connectivity index (χ1) is 10.3. The third-order valence-electron chi connectivity index (χ3n) is 2.85. The van der Waals surface area contributed by atoms with E-state index < -0.39 is 0 Å². The van der Waals surface area contributed by atoms with E-state index in [1.165, 1.54) is 11.3 Å². The number of nitrogens with one attached hydrogen (secondary N) is 1. The van der Waals surface area contributed by atoms with Crippen molar-refractivity contribution in [2.45, 2.75) is 20.8 Å². The normalized spacial score (nSPS) is 11.6. The number of phenolic OH excluding ortho intramolecular Hbond substituents is 1. The average molecular weight is 447 g/mol. The Balaban J connectivity index is 2.23. The summed E-state index contributed by atoms with van der Waals surface area (Å²) in [6, 6.07) is 3.46. The Morgan fingerprint density at radius 1 is 1.36 bits per heavy atom. The van der Waals surface area contributed by atoms with E-state index in [4.69, 9.17) is 0 Å². The minimum absolute atomic E-state index is 0.0727. The molecule has 0 aliphatic heterocycles. The molecule has 1 aromatic heterocycles. The van der Waals surface area contributed by atoms with Crippen molar-refractivity contribution in [3.63, 3.8) is 0 Å². The maximum absolute atomic E-state index is 12.1. The van der Waals surface area contributed by atoms with Crippen molar-refractivity contribution in [2.75, 3.05) is 0 Å². The molecule has 0 radical (unpaired) electrons. The van der Waals surface area contributed by atoms with Crippen LogP contribution in [0.1, 0.15) is 32.9 Å². The highest BCUT2D eigenvalue weighted by molar-refractivity contribution is 9.11. The lowest BCUT2D eigenvalue weighted by molar-refractivity contribution is 0.0958. The van der Waals surface area contributed by atoms with Crippen LogP contribution in [-0.2, 0) is 0 Å². The van der Waals surface area contributed by atoms with Crippen LogP contribution in [0.2, 0.25) is 0 Å². The molecule has 0 atom stereocenters. The lowest BCUT2D eigenvalue weighted by atomic mass is 10.1. The molecule has 0 spiro atoms. The average Bonchev–Trinajstić information content (AvgIpc) is 2.78. The topological polar surface area (TPSA) is 74.6 Å². The third-order valence-corrected chi connectivity index (χ3v) is 4.99. The van der Waals surface area contributed by atoms with Gasteiger partial charge in [-0.1, -0.05) is 15.9 Å². The number of aromatic hydroxyl groups is 1. The van der Waals surface area contributed by atoms with Crippen LogP contribution in [0.4, 0.5) is 0 Å². The Kier molecular flexibility index (Phi) is 5.36. The first-order valence-electron chi connectivity index (χ1n) is 6.26. The van der Waals surface area contributed by atoms with Crippen LogP contribution in [0.3, 0.4) is 0 Å². The second-order valence-electron chi connectivity index (χ2n) is 4.57. The van der Waals surface area contributed by atoms with Gasteiger partial charge in [-0.2, -0.15) is 5.10 Å². The molecule has 0 fully saturated rings.